The number of amides is 1. The van der Waals surface area contributed by atoms with Gasteiger partial charge in [0.2, 0.25) is 0 Å². The molecule has 8 heteroatoms. The summed E-state index contributed by atoms with van der Waals surface area (Å²) in [6.07, 6.45) is -3.18. The molecule has 0 radical (unpaired) electrons. The average Bonchev–Trinajstić information content (AvgIpc) is 2.91. The smallest absolute Gasteiger partial charge is 0.416 e. The van der Waals surface area contributed by atoms with E-state index in [1.165, 1.54) is 18.3 Å². The van der Waals surface area contributed by atoms with Crippen LogP contribution in [-0.4, -0.2) is 22.0 Å². The van der Waals surface area contributed by atoms with Gasteiger partial charge in [-0.3, -0.25) is 4.79 Å². The Hall–Kier alpha value is -2.77. The molecule has 2 rings (SSSR count). The Morgan fingerprint density at radius 2 is 1.90 bits per heavy atom. The van der Waals surface area contributed by atoms with Gasteiger partial charge in [0.25, 0.3) is 5.91 Å². The highest BCUT2D eigenvalue weighted by Gasteiger charge is 2.31. The van der Waals surface area contributed by atoms with Crippen LogP contribution in [-0.2, 0) is 6.18 Å². The normalized spacial score (nSPS) is 11.2. The van der Waals surface area contributed by atoms with Gasteiger partial charge in [-0.15, -0.1) is 0 Å². The van der Waals surface area contributed by atoms with Gasteiger partial charge >= 0.3 is 12.1 Å². The highest BCUT2D eigenvalue weighted by molar-refractivity contribution is 6.06. The Bertz CT molecular complexity index is 678. The predicted octanol–water partition coefficient (Wildman–Crippen LogP) is 2.98. The fourth-order valence-electron chi connectivity index (χ4n) is 1.67. The second-order valence-electron chi connectivity index (χ2n) is 4.10. The molecule has 5 nitrogen and oxygen atoms in total. The molecule has 0 spiro atoms. The number of carboxylic acids is 1. The number of carbonyl (C=O) groups excluding carboxylic acids is 1. The molecule has 2 aromatic rings. The van der Waals surface area contributed by atoms with Crippen molar-refractivity contribution in [2.75, 3.05) is 5.32 Å². The lowest BCUT2D eigenvalue weighted by atomic mass is 10.1. The summed E-state index contributed by atoms with van der Waals surface area (Å²) in [5.41, 5.74) is -1.79. The molecule has 0 unspecified atom stereocenters. The second-order valence-corrected chi connectivity index (χ2v) is 4.10. The summed E-state index contributed by atoms with van der Waals surface area (Å²) in [7, 11) is 0. The first-order valence-electron chi connectivity index (χ1n) is 5.68. The van der Waals surface area contributed by atoms with Crippen LogP contribution in [0.3, 0.4) is 0 Å². The number of rotatable bonds is 3. The van der Waals surface area contributed by atoms with E-state index in [0.717, 1.165) is 6.07 Å². The highest BCUT2D eigenvalue weighted by atomic mass is 19.4. The third-order valence-electron chi connectivity index (χ3n) is 2.67. The Kier molecular flexibility index (Phi) is 3.70. The van der Waals surface area contributed by atoms with E-state index in [2.05, 4.69) is 10.3 Å². The second kappa shape index (κ2) is 5.31. The number of aromatic amines is 1. The zero-order valence-electron chi connectivity index (χ0n) is 10.4. The number of H-pyrrole nitrogens is 1. The molecule has 1 heterocycles. The van der Waals surface area contributed by atoms with E-state index < -0.39 is 34.9 Å². The van der Waals surface area contributed by atoms with Crippen molar-refractivity contribution < 1.29 is 27.9 Å². The number of halogens is 3. The average molecular weight is 298 g/mol. The number of carbonyl (C=O) groups is 2. The van der Waals surface area contributed by atoms with Crippen molar-refractivity contribution in [3.05, 3.63) is 53.3 Å². The van der Waals surface area contributed by atoms with Crippen LogP contribution in [0.25, 0.3) is 0 Å². The van der Waals surface area contributed by atoms with Crippen LogP contribution in [0.1, 0.15) is 26.4 Å². The van der Waals surface area contributed by atoms with Crippen LogP contribution >= 0.6 is 0 Å². The molecule has 0 saturated carbocycles. The topological polar surface area (TPSA) is 82.2 Å². The Morgan fingerprint density at radius 1 is 1.19 bits per heavy atom. The number of hydrogen-bond acceptors (Lipinski definition) is 2. The van der Waals surface area contributed by atoms with Crippen LogP contribution in [0.5, 0.6) is 0 Å². The number of anilines is 1. The van der Waals surface area contributed by atoms with E-state index in [1.54, 1.807) is 0 Å². The predicted molar refractivity (Wildman–Crippen MR) is 67.1 cm³/mol. The molecule has 1 aromatic carbocycles. The van der Waals surface area contributed by atoms with Gasteiger partial charge in [-0.2, -0.15) is 13.2 Å². The van der Waals surface area contributed by atoms with Crippen molar-refractivity contribution >= 4 is 17.6 Å². The molecule has 1 amide bonds. The molecule has 0 atom stereocenters. The monoisotopic (exact) mass is 298 g/mol. The van der Waals surface area contributed by atoms with Gasteiger partial charge in [0.1, 0.15) is 5.69 Å². The van der Waals surface area contributed by atoms with Gasteiger partial charge in [-0.1, -0.05) is 0 Å². The molecule has 0 saturated heterocycles. The standard InChI is InChI=1S/C13H9F3N2O3/c14-13(15,16)7-3-4-8(12(20)21)10(6-7)18-11(19)9-2-1-5-17-9/h1-6,17H,(H,18,19)(H,20,21). The first-order valence-corrected chi connectivity index (χ1v) is 5.68. The molecule has 110 valence electrons. The van der Waals surface area contributed by atoms with Gasteiger partial charge in [-0.05, 0) is 30.3 Å². The maximum Gasteiger partial charge on any atom is 0.416 e. The zero-order valence-corrected chi connectivity index (χ0v) is 10.4. The first-order chi connectivity index (χ1) is 9.79. The maximum atomic E-state index is 12.6. The summed E-state index contributed by atoms with van der Waals surface area (Å²) in [5, 5.41) is 11.1. The number of nitrogens with one attached hydrogen (secondary N) is 2. The molecular formula is C13H9F3N2O3. The lowest BCUT2D eigenvalue weighted by Gasteiger charge is -2.12. The van der Waals surface area contributed by atoms with Crippen molar-refractivity contribution in [3.8, 4) is 0 Å². The lowest BCUT2D eigenvalue weighted by molar-refractivity contribution is -0.137. The van der Waals surface area contributed by atoms with Gasteiger partial charge in [0.15, 0.2) is 0 Å². The third kappa shape index (κ3) is 3.22. The first kappa shape index (κ1) is 14.6. The van der Waals surface area contributed by atoms with E-state index in [1.807, 2.05) is 0 Å². The highest BCUT2D eigenvalue weighted by Crippen LogP contribution is 2.32. The third-order valence-corrected chi connectivity index (χ3v) is 2.67. The Balaban J connectivity index is 2.39. The number of aromatic carboxylic acids is 1. The molecule has 0 aliphatic carbocycles. The van der Waals surface area contributed by atoms with E-state index in [-0.39, 0.29) is 5.69 Å². The molecule has 0 aliphatic heterocycles. The minimum atomic E-state index is -4.64. The fraction of sp³-hybridized carbons (Fsp3) is 0.0769. The van der Waals surface area contributed by atoms with Crippen molar-refractivity contribution in [3.63, 3.8) is 0 Å². The summed E-state index contributed by atoms with van der Waals surface area (Å²) < 4.78 is 37.9. The molecule has 0 fully saturated rings. The summed E-state index contributed by atoms with van der Waals surface area (Å²) in [6, 6.07) is 4.97. The Labute approximate surface area is 116 Å². The van der Waals surface area contributed by atoms with Crippen LogP contribution in [0.15, 0.2) is 36.5 Å². The minimum Gasteiger partial charge on any atom is -0.478 e. The molecule has 21 heavy (non-hydrogen) atoms. The van der Waals surface area contributed by atoms with Gasteiger partial charge in [0.05, 0.1) is 16.8 Å². The zero-order chi connectivity index (χ0) is 15.6. The van der Waals surface area contributed by atoms with Crippen LogP contribution in [0.2, 0.25) is 0 Å². The van der Waals surface area contributed by atoms with E-state index >= 15 is 0 Å². The largest absolute Gasteiger partial charge is 0.478 e. The van der Waals surface area contributed by atoms with Crippen molar-refractivity contribution in [1.82, 2.24) is 4.98 Å². The number of carboxylic acid groups (broad SMARTS) is 1. The maximum absolute atomic E-state index is 12.6. The van der Waals surface area contributed by atoms with Crippen LogP contribution < -0.4 is 5.32 Å². The lowest BCUT2D eigenvalue weighted by Crippen LogP contribution is -2.16. The van der Waals surface area contributed by atoms with Gasteiger partial charge < -0.3 is 15.4 Å². The van der Waals surface area contributed by atoms with E-state index in [0.29, 0.717) is 12.1 Å². The quantitative estimate of drug-likeness (QED) is 0.814. The van der Waals surface area contributed by atoms with Gasteiger partial charge in [-0.25, -0.2) is 4.79 Å². The minimum absolute atomic E-state index is 0.101. The SMILES string of the molecule is O=C(Nc1cc(C(F)(F)F)ccc1C(=O)O)c1ccc[nH]1. The number of hydrogen-bond donors (Lipinski definition) is 3. The molecule has 0 aliphatic rings. The summed E-state index contributed by atoms with van der Waals surface area (Å²) in [5.74, 6) is -2.17. The van der Waals surface area contributed by atoms with Crippen LogP contribution in [0, 0.1) is 0 Å². The number of alkyl halides is 3. The number of benzene rings is 1. The molecular weight excluding hydrogens is 289 g/mol. The van der Waals surface area contributed by atoms with Crippen molar-refractivity contribution in [2.45, 2.75) is 6.18 Å². The summed E-state index contributed by atoms with van der Waals surface area (Å²) in [6.45, 7) is 0. The molecule has 1 aromatic heterocycles. The fourth-order valence-corrected chi connectivity index (χ4v) is 1.67. The summed E-state index contributed by atoms with van der Waals surface area (Å²) >= 11 is 0. The van der Waals surface area contributed by atoms with E-state index in [9.17, 15) is 22.8 Å². The Morgan fingerprint density at radius 3 is 2.43 bits per heavy atom. The van der Waals surface area contributed by atoms with Crippen LogP contribution in [0.4, 0.5) is 18.9 Å². The van der Waals surface area contributed by atoms with Crippen molar-refractivity contribution in [1.29, 1.82) is 0 Å². The molecule has 0 bridgehead atoms. The van der Waals surface area contributed by atoms with Crippen molar-refractivity contribution in [2.24, 2.45) is 0 Å². The van der Waals surface area contributed by atoms with E-state index in [4.69, 9.17) is 5.11 Å². The summed E-state index contributed by atoms with van der Waals surface area (Å²) in [4.78, 5) is 25.4. The number of aromatic nitrogens is 1. The van der Waals surface area contributed by atoms with Gasteiger partial charge in [0, 0.05) is 6.20 Å². The molecule has 3 N–H and O–H groups in total.